The van der Waals surface area contributed by atoms with Crippen LogP contribution in [0.3, 0.4) is 0 Å². The van der Waals surface area contributed by atoms with Crippen molar-refractivity contribution in [1.82, 2.24) is 5.43 Å². The summed E-state index contributed by atoms with van der Waals surface area (Å²) in [5.41, 5.74) is 4.57. The second kappa shape index (κ2) is 7.51. The summed E-state index contributed by atoms with van der Waals surface area (Å²) >= 11 is 5.87. The van der Waals surface area contributed by atoms with Gasteiger partial charge in [0.2, 0.25) is 0 Å². The molecule has 0 unspecified atom stereocenters. The van der Waals surface area contributed by atoms with E-state index in [0.717, 1.165) is 5.56 Å². The third-order valence-corrected chi connectivity index (χ3v) is 3.33. The van der Waals surface area contributed by atoms with Crippen LogP contribution in [0.15, 0.2) is 41.5 Å². The first-order chi connectivity index (χ1) is 11.0. The third kappa shape index (κ3) is 4.37. The summed E-state index contributed by atoms with van der Waals surface area (Å²) in [6.45, 7) is 1.89. The second-order valence-electron chi connectivity index (χ2n) is 4.69. The van der Waals surface area contributed by atoms with Gasteiger partial charge in [0.25, 0.3) is 0 Å². The highest BCUT2D eigenvalue weighted by Crippen LogP contribution is 2.34. The number of aryl methyl sites for hydroxylation is 1. The molecule has 2 rings (SSSR count). The third-order valence-electron chi connectivity index (χ3n) is 3.04. The Balaban J connectivity index is 2.00. The summed E-state index contributed by atoms with van der Waals surface area (Å²) in [6.07, 6.45) is 1.39. The number of carbonyl (C=O) groups is 1. The molecule has 0 aliphatic heterocycles. The molecule has 0 aliphatic rings. The number of hydrogen-bond donors (Lipinski definition) is 3. The van der Waals surface area contributed by atoms with Gasteiger partial charge in [-0.15, -0.1) is 0 Å². The van der Waals surface area contributed by atoms with E-state index in [1.165, 1.54) is 19.4 Å². The molecule has 0 atom stereocenters. The van der Waals surface area contributed by atoms with E-state index in [9.17, 15) is 9.90 Å². The lowest BCUT2D eigenvalue weighted by Gasteiger charge is -2.07. The van der Waals surface area contributed by atoms with E-state index in [-0.39, 0.29) is 16.5 Å². The molecule has 0 aliphatic carbocycles. The Morgan fingerprint density at radius 1 is 1.35 bits per heavy atom. The van der Waals surface area contributed by atoms with Crippen LogP contribution in [0.2, 0.25) is 5.02 Å². The minimum absolute atomic E-state index is 0.134. The zero-order chi connectivity index (χ0) is 16.8. The smallest absolute Gasteiger partial charge is 0.339 e. The number of phenolic OH excluding ortho intramolecular Hbond substituents is 1. The molecule has 23 heavy (non-hydrogen) atoms. The first-order valence-corrected chi connectivity index (χ1v) is 7.11. The number of phenols is 1. The Hall–Kier alpha value is -2.73. The van der Waals surface area contributed by atoms with Crippen molar-refractivity contribution in [1.29, 1.82) is 0 Å². The number of hydrogen-bond acceptors (Lipinski definition) is 4. The lowest BCUT2D eigenvalue weighted by molar-refractivity contribution is 0.252. The number of hydrazone groups is 1. The molecule has 2 aromatic carbocycles. The van der Waals surface area contributed by atoms with Gasteiger partial charge in [0.15, 0.2) is 11.5 Å². The summed E-state index contributed by atoms with van der Waals surface area (Å²) in [5, 5.41) is 16.3. The largest absolute Gasteiger partial charge is 0.503 e. The molecule has 3 N–H and O–H groups in total. The van der Waals surface area contributed by atoms with E-state index in [1.807, 2.05) is 25.1 Å². The number of urea groups is 1. The minimum atomic E-state index is -0.465. The monoisotopic (exact) mass is 333 g/mol. The predicted octanol–water partition coefficient (Wildman–Crippen LogP) is 3.52. The molecule has 0 radical (unpaired) electrons. The summed E-state index contributed by atoms with van der Waals surface area (Å²) in [7, 11) is 1.42. The number of benzene rings is 2. The molecule has 2 aromatic rings. The highest BCUT2D eigenvalue weighted by atomic mass is 35.5. The molecule has 6 nitrogen and oxygen atoms in total. The molecule has 0 saturated carbocycles. The number of carbonyl (C=O) groups excluding carboxylic acids is 1. The molecule has 0 bridgehead atoms. The van der Waals surface area contributed by atoms with E-state index in [0.29, 0.717) is 11.3 Å². The Kier molecular flexibility index (Phi) is 5.43. The van der Waals surface area contributed by atoms with Crippen LogP contribution >= 0.6 is 11.6 Å². The summed E-state index contributed by atoms with van der Waals surface area (Å²) in [6, 6.07) is 9.99. The quantitative estimate of drug-likeness (QED) is 0.591. The van der Waals surface area contributed by atoms with Crippen molar-refractivity contribution in [2.45, 2.75) is 6.92 Å². The molecule has 2 amide bonds. The van der Waals surface area contributed by atoms with Crippen molar-refractivity contribution in [3.05, 3.63) is 52.5 Å². The maximum atomic E-state index is 11.8. The molecule has 120 valence electrons. The van der Waals surface area contributed by atoms with E-state index >= 15 is 0 Å². The van der Waals surface area contributed by atoms with Crippen LogP contribution in [0, 0.1) is 6.92 Å². The topological polar surface area (TPSA) is 83.0 Å². The van der Waals surface area contributed by atoms with Gasteiger partial charge in [0.05, 0.1) is 18.3 Å². The Morgan fingerprint density at radius 3 is 2.78 bits per heavy atom. The van der Waals surface area contributed by atoms with Gasteiger partial charge in [-0.3, -0.25) is 0 Å². The van der Waals surface area contributed by atoms with Crippen LogP contribution in [0.4, 0.5) is 10.5 Å². The zero-order valence-corrected chi connectivity index (χ0v) is 13.4. The number of halogens is 1. The Bertz CT molecular complexity index is 747. The van der Waals surface area contributed by atoms with Gasteiger partial charge in [-0.05, 0) is 36.2 Å². The lowest BCUT2D eigenvalue weighted by atomic mass is 10.2. The van der Waals surface area contributed by atoms with Crippen LogP contribution in [0.1, 0.15) is 11.1 Å². The van der Waals surface area contributed by atoms with Gasteiger partial charge in [0, 0.05) is 5.69 Å². The SMILES string of the molecule is COc1cc(/C=N\NC(=O)Nc2ccccc2C)cc(Cl)c1O. The normalized spacial score (nSPS) is 10.6. The summed E-state index contributed by atoms with van der Waals surface area (Å²) in [4.78, 5) is 11.8. The summed E-state index contributed by atoms with van der Waals surface area (Å²) in [5.74, 6) is 0.0832. The molecule has 0 saturated heterocycles. The highest BCUT2D eigenvalue weighted by molar-refractivity contribution is 6.32. The van der Waals surface area contributed by atoms with Crippen molar-refractivity contribution < 1.29 is 14.6 Å². The molecule has 0 heterocycles. The first kappa shape index (κ1) is 16.6. The van der Waals surface area contributed by atoms with Gasteiger partial charge < -0.3 is 15.2 Å². The van der Waals surface area contributed by atoms with Gasteiger partial charge in [-0.25, -0.2) is 10.2 Å². The fraction of sp³-hybridized carbons (Fsp3) is 0.125. The molecular formula is C16H16ClN3O3. The zero-order valence-electron chi connectivity index (χ0n) is 12.6. The highest BCUT2D eigenvalue weighted by Gasteiger charge is 2.08. The van der Waals surface area contributed by atoms with Crippen molar-refractivity contribution in [3.63, 3.8) is 0 Å². The van der Waals surface area contributed by atoms with Crippen molar-refractivity contribution in [2.75, 3.05) is 12.4 Å². The number of nitrogens with zero attached hydrogens (tertiary/aromatic N) is 1. The Labute approximate surface area is 138 Å². The van der Waals surface area contributed by atoms with Crippen LogP contribution in [-0.2, 0) is 0 Å². The summed E-state index contributed by atoms with van der Waals surface area (Å²) < 4.78 is 4.99. The fourth-order valence-electron chi connectivity index (χ4n) is 1.85. The first-order valence-electron chi connectivity index (χ1n) is 6.73. The van der Waals surface area contributed by atoms with Crippen LogP contribution in [-0.4, -0.2) is 24.5 Å². The number of rotatable bonds is 4. The second-order valence-corrected chi connectivity index (χ2v) is 5.10. The van der Waals surface area contributed by atoms with Crippen molar-refractivity contribution in [3.8, 4) is 11.5 Å². The standard InChI is InChI=1S/C16H16ClN3O3/c1-10-5-3-4-6-13(10)19-16(22)20-18-9-11-7-12(17)15(21)14(8-11)23-2/h3-9,21H,1-2H3,(H2,19,20,22)/b18-9-. The van der Waals surface area contributed by atoms with E-state index < -0.39 is 6.03 Å². The van der Waals surface area contributed by atoms with Gasteiger partial charge >= 0.3 is 6.03 Å². The molecular weight excluding hydrogens is 318 g/mol. The van der Waals surface area contributed by atoms with E-state index in [4.69, 9.17) is 16.3 Å². The predicted molar refractivity (Wildman–Crippen MR) is 90.6 cm³/mol. The minimum Gasteiger partial charge on any atom is -0.503 e. The Morgan fingerprint density at radius 2 is 2.09 bits per heavy atom. The number of anilines is 1. The number of methoxy groups -OCH3 is 1. The van der Waals surface area contributed by atoms with Gasteiger partial charge in [0.1, 0.15) is 0 Å². The average molecular weight is 334 g/mol. The maximum absolute atomic E-state index is 11.8. The fourth-order valence-corrected chi connectivity index (χ4v) is 2.07. The average Bonchev–Trinajstić information content (AvgIpc) is 2.53. The van der Waals surface area contributed by atoms with Crippen LogP contribution < -0.4 is 15.5 Å². The molecule has 7 heteroatoms. The van der Waals surface area contributed by atoms with E-state index in [2.05, 4.69) is 15.8 Å². The van der Waals surface area contributed by atoms with Crippen LogP contribution in [0.5, 0.6) is 11.5 Å². The number of para-hydroxylation sites is 1. The van der Waals surface area contributed by atoms with Crippen molar-refractivity contribution >= 4 is 29.5 Å². The van der Waals surface area contributed by atoms with Crippen LogP contribution in [0.25, 0.3) is 0 Å². The van der Waals surface area contributed by atoms with Crippen molar-refractivity contribution in [2.24, 2.45) is 5.10 Å². The number of nitrogens with one attached hydrogen (secondary N) is 2. The molecule has 0 fully saturated rings. The van der Waals surface area contributed by atoms with E-state index in [1.54, 1.807) is 12.1 Å². The van der Waals surface area contributed by atoms with Gasteiger partial charge in [-0.1, -0.05) is 29.8 Å². The lowest BCUT2D eigenvalue weighted by Crippen LogP contribution is -2.24. The number of aromatic hydroxyl groups is 1. The number of ether oxygens (including phenoxy) is 1. The molecule has 0 aromatic heterocycles. The maximum Gasteiger partial charge on any atom is 0.339 e. The molecule has 0 spiro atoms. The number of amides is 2. The van der Waals surface area contributed by atoms with Gasteiger partial charge in [-0.2, -0.15) is 5.10 Å².